The van der Waals surface area contributed by atoms with Crippen molar-refractivity contribution in [2.75, 3.05) is 19.7 Å². The monoisotopic (exact) mass is 304 g/mol. The van der Waals surface area contributed by atoms with Gasteiger partial charge in [-0.25, -0.2) is 0 Å². The summed E-state index contributed by atoms with van der Waals surface area (Å²) >= 11 is 5.76. The number of hydrogen-bond donors (Lipinski definition) is 2. The first-order chi connectivity index (χ1) is 8.74. The number of ether oxygens (including phenoxy) is 1. The fourth-order valence-electron chi connectivity index (χ4n) is 1.92. The van der Waals surface area contributed by atoms with Crippen LogP contribution in [0.3, 0.4) is 0 Å². The Morgan fingerprint density at radius 3 is 2.79 bits per heavy atom. The molecule has 0 bridgehead atoms. The molecule has 1 aromatic carbocycles. The largest absolute Gasteiger partial charge is 0.484 e. The molecule has 0 radical (unpaired) electrons. The molecule has 0 saturated carbocycles. The highest BCUT2D eigenvalue weighted by Crippen LogP contribution is 2.15. The van der Waals surface area contributed by atoms with E-state index in [9.17, 15) is 4.79 Å². The number of hydrogen-bond acceptors (Lipinski definition) is 3. The van der Waals surface area contributed by atoms with Crippen molar-refractivity contribution in [3.05, 3.63) is 29.3 Å². The lowest BCUT2D eigenvalue weighted by Crippen LogP contribution is -2.46. The van der Waals surface area contributed by atoms with E-state index in [0.717, 1.165) is 25.9 Å². The second-order valence-corrected chi connectivity index (χ2v) is 4.79. The van der Waals surface area contributed by atoms with Gasteiger partial charge in [-0.15, -0.1) is 12.4 Å². The highest BCUT2D eigenvalue weighted by Gasteiger charge is 2.15. The number of benzene rings is 1. The van der Waals surface area contributed by atoms with Crippen molar-refractivity contribution in [1.82, 2.24) is 10.6 Å². The van der Waals surface area contributed by atoms with Gasteiger partial charge in [0.25, 0.3) is 5.91 Å². The third-order valence-corrected chi connectivity index (χ3v) is 3.10. The maximum atomic E-state index is 11.7. The number of rotatable bonds is 4. The van der Waals surface area contributed by atoms with Crippen LogP contribution in [0.15, 0.2) is 24.3 Å². The SMILES string of the molecule is Cl.O=C(COc1ccc(Cl)cc1)N[C@H]1CCCNC1. The van der Waals surface area contributed by atoms with Crippen molar-refractivity contribution in [2.24, 2.45) is 0 Å². The highest BCUT2D eigenvalue weighted by atomic mass is 35.5. The van der Waals surface area contributed by atoms with Gasteiger partial charge in [-0.3, -0.25) is 4.79 Å². The van der Waals surface area contributed by atoms with Crippen molar-refractivity contribution in [3.8, 4) is 5.75 Å². The van der Waals surface area contributed by atoms with Crippen molar-refractivity contribution in [2.45, 2.75) is 18.9 Å². The van der Waals surface area contributed by atoms with Gasteiger partial charge in [0.05, 0.1) is 0 Å². The summed E-state index contributed by atoms with van der Waals surface area (Å²) in [6, 6.07) is 7.19. The molecule has 1 saturated heterocycles. The number of nitrogens with one attached hydrogen (secondary N) is 2. The second-order valence-electron chi connectivity index (χ2n) is 4.35. The number of piperidine rings is 1. The minimum atomic E-state index is -0.0846. The first-order valence-electron chi connectivity index (χ1n) is 6.12. The van der Waals surface area contributed by atoms with Crippen LogP contribution in [0.25, 0.3) is 0 Å². The predicted molar refractivity (Wildman–Crippen MR) is 78.2 cm³/mol. The molecule has 2 N–H and O–H groups in total. The van der Waals surface area contributed by atoms with Gasteiger partial charge in [0, 0.05) is 17.6 Å². The predicted octanol–water partition coefficient (Wildman–Crippen LogP) is 2.01. The lowest BCUT2D eigenvalue weighted by molar-refractivity contribution is -0.123. The molecule has 2 rings (SSSR count). The smallest absolute Gasteiger partial charge is 0.258 e. The number of amides is 1. The van der Waals surface area contributed by atoms with E-state index in [1.165, 1.54) is 0 Å². The van der Waals surface area contributed by atoms with E-state index >= 15 is 0 Å². The van der Waals surface area contributed by atoms with Crippen molar-refractivity contribution in [3.63, 3.8) is 0 Å². The van der Waals surface area contributed by atoms with Gasteiger partial charge in [0.15, 0.2) is 6.61 Å². The molecule has 1 heterocycles. The normalized spacial score (nSPS) is 18.3. The Morgan fingerprint density at radius 2 is 2.16 bits per heavy atom. The van der Waals surface area contributed by atoms with Crippen LogP contribution >= 0.6 is 24.0 Å². The van der Waals surface area contributed by atoms with Crippen molar-refractivity contribution < 1.29 is 9.53 Å². The molecule has 1 aliphatic heterocycles. The Kier molecular flexibility index (Phi) is 6.99. The van der Waals surface area contributed by atoms with E-state index in [-0.39, 0.29) is 31.0 Å². The van der Waals surface area contributed by atoms with E-state index in [0.29, 0.717) is 10.8 Å². The van der Waals surface area contributed by atoms with Gasteiger partial charge in [0.1, 0.15) is 5.75 Å². The quantitative estimate of drug-likeness (QED) is 0.894. The van der Waals surface area contributed by atoms with Crippen LogP contribution in [0.1, 0.15) is 12.8 Å². The molecule has 0 aromatic heterocycles. The molecule has 1 aliphatic rings. The molecular formula is C13H18Cl2N2O2. The molecule has 1 amide bonds. The average Bonchev–Trinajstić information content (AvgIpc) is 2.39. The molecule has 0 spiro atoms. The summed E-state index contributed by atoms with van der Waals surface area (Å²) in [5.74, 6) is 0.565. The van der Waals surface area contributed by atoms with Crippen LogP contribution in [0, 0.1) is 0 Å². The second kappa shape index (κ2) is 8.25. The Bertz CT molecular complexity index is 392. The standard InChI is InChI=1S/C13H17ClN2O2.ClH/c14-10-3-5-12(6-4-10)18-9-13(17)16-11-2-1-7-15-8-11;/h3-6,11,15H,1-2,7-9H2,(H,16,17);1H/t11-;/m0./s1. The third kappa shape index (κ3) is 5.68. The molecule has 1 atom stereocenters. The Hall–Kier alpha value is -0.970. The fraction of sp³-hybridized carbons (Fsp3) is 0.462. The van der Waals surface area contributed by atoms with Crippen LogP contribution in [0.4, 0.5) is 0 Å². The average molecular weight is 305 g/mol. The summed E-state index contributed by atoms with van der Waals surface area (Å²) < 4.78 is 5.37. The summed E-state index contributed by atoms with van der Waals surface area (Å²) in [6.07, 6.45) is 2.13. The van der Waals surface area contributed by atoms with Gasteiger partial charge in [-0.05, 0) is 43.7 Å². The van der Waals surface area contributed by atoms with Crippen molar-refractivity contribution >= 4 is 29.9 Å². The summed E-state index contributed by atoms with van der Waals surface area (Å²) in [7, 11) is 0. The summed E-state index contributed by atoms with van der Waals surface area (Å²) in [4.78, 5) is 11.7. The number of carbonyl (C=O) groups is 1. The zero-order valence-corrected chi connectivity index (χ0v) is 12.1. The number of carbonyl (C=O) groups excluding carboxylic acids is 1. The van der Waals surface area contributed by atoms with Crippen LogP contribution in [-0.4, -0.2) is 31.6 Å². The molecule has 106 valence electrons. The van der Waals surface area contributed by atoms with E-state index in [1.54, 1.807) is 24.3 Å². The van der Waals surface area contributed by atoms with Gasteiger partial charge in [-0.2, -0.15) is 0 Å². The van der Waals surface area contributed by atoms with E-state index in [4.69, 9.17) is 16.3 Å². The van der Waals surface area contributed by atoms with Crippen LogP contribution in [-0.2, 0) is 4.79 Å². The lowest BCUT2D eigenvalue weighted by atomic mass is 10.1. The fourth-order valence-corrected chi connectivity index (χ4v) is 2.05. The number of halogens is 2. The summed E-state index contributed by atoms with van der Waals surface area (Å²) in [5.41, 5.74) is 0. The Morgan fingerprint density at radius 1 is 1.42 bits per heavy atom. The first-order valence-corrected chi connectivity index (χ1v) is 6.50. The van der Waals surface area contributed by atoms with Gasteiger partial charge in [-0.1, -0.05) is 11.6 Å². The summed E-state index contributed by atoms with van der Waals surface area (Å²) in [5, 5.41) is 6.85. The molecule has 19 heavy (non-hydrogen) atoms. The van der Waals surface area contributed by atoms with E-state index in [1.807, 2.05) is 0 Å². The minimum absolute atomic E-state index is 0. The molecule has 4 nitrogen and oxygen atoms in total. The Labute approximate surface area is 124 Å². The molecule has 1 fully saturated rings. The maximum Gasteiger partial charge on any atom is 0.258 e. The lowest BCUT2D eigenvalue weighted by Gasteiger charge is -2.23. The van der Waals surface area contributed by atoms with Crippen LogP contribution in [0.2, 0.25) is 5.02 Å². The Balaban J connectivity index is 0.00000180. The molecule has 1 aromatic rings. The highest BCUT2D eigenvalue weighted by molar-refractivity contribution is 6.30. The molecule has 6 heteroatoms. The topological polar surface area (TPSA) is 50.4 Å². The van der Waals surface area contributed by atoms with Crippen molar-refractivity contribution in [1.29, 1.82) is 0 Å². The van der Waals surface area contributed by atoms with E-state index in [2.05, 4.69) is 10.6 Å². The zero-order chi connectivity index (χ0) is 12.8. The molecule has 0 unspecified atom stereocenters. The summed E-state index contributed by atoms with van der Waals surface area (Å²) in [6.45, 7) is 1.92. The van der Waals surface area contributed by atoms with Crippen LogP contribution < -0.4 is 15.4 Å². The zero-order valence-electron chi connectivity index (χ0n) is 10.5. The van der Waals surface area contributed by atoms with Crippen LogP contribution in [0.5, 0.6) is 5.75 Å². The van der Waals surface area contributed by atoms with Gasteiger partial charge < -0.3 is 15.4 Å². The van der Waals surface area contributed by atoms with Gasteiger partial charge in [0.2, 0.25) is 0 Å². The minimum Gasteiger partial charge on any atom is -0.484 e. The van der Waals surface area contributed by atoms with E-state index < -0.39 is 0 Å². The maximum absolute atomic E-state index is 11.7. The molecular weight excluding hydrogens is 287 g/mol. The first kappa shape index (κ1) is 16.1. The van der Waals surface area contributed by atoms with Gasteiger partial charge >= 0.3 is 0 Å². The molecule has 0 aliphatic carbocycles. The third-order valence-electron chi connectivity index (χ3n) is 2.85.